The number of anilines is 2. The van der Waals surface area contributed by atoms with Crippen molar-refractivity contribution >= 4 is 17.3 Å². The summed E-state index contributed by atoms with van der Waals surface area (Å²) in [5.41, 5.74) is 2.16. The Labute approximate surface area is 120 Å². The fourth-order valence-electron chi connectivity index (χ4n) is 2.29. The molecule has 2 rings (SSSR count). The van der Waals surface area contributed by atoms with E-state index in [2.05, 4.69) is 22.3 Å². The van der Waals surface area contributed by atoms with Crippen LogP contribution in [0.1, 0.15) is 6.92 Å². The Morgan fingerprint density at radius 2 is 1.85 bits per heavy atom. The van der Waals surface area contributed by atoms with E-state index in [0.29, 0.717) is 0 Å². The lowest BCUT2D eigenvalue weighted by atomic mass is 10.2. The Hall–Kier alpha value is -1.75. The Morgan fingerprint density at radius 3 is 2.40 bits per heavy atom. The molecule has 1 saturated heterocycles. The van der Waals surface area contributed by atoms with E-state index in [1.807, 2.05) is 19.1 Å². The van der Waals surface area contributed by atoms with Crippen LogP contribution in [0.25, 0.3) is 0 Å². The van der Waals surface area contributed by atoms with Gasteiger partial charge in [-0.1, -0.05) is 0 Å². The summed E-state index contributed by atoms with van der Waals surface area (Å²) in [7, 11) is 3.53. The van der Waals surface area contributed by atoms with Gasteiger partial charge in [0.1, 0.15) is 6.04 Å². The maximum absolute atomic E-state index is 11.8. The van der Waals surface area contributed by atoms with Crippen LogP contribution in [0.5, 0.6) is 0 Å². The molecule has 0 bridgehead atoms. The van der Waals surface area contributed by atoms with Crippen LogP contribution in [0.15, 0.2) is 24.3 Å². The monoisotopic (exact) mass is 277 g/mol. The van der Waals surface area contributed by atoms with Crippen LogP contribution in [0.2, 0.25) is 0 Å². The van der Waals surface area contributed by atoms with Gasteiger partial charge in [0.25, 0.3) is 0 Å². The molecule has 0 aromatic heterocycles. The second-order valence-electron chi connectivity index (χ2n) is 5.24. The number of benzene rings is 1. The maximum Gasteiger partial charge on any atom is 0.244 e. The number of amides is 1. The van der Waals surface area contributed by atoms with E-state index in [1.54, 1.807) is 19.0 Å². The number of morpholine rings is 1. The number of carbonyl (C=O) groups is 1. The quantitative estimate of drug-likeness (QED) is 0.904. The number of nitrogens with one attached hydrogen (secondary N) is 1. The van der Waals surface area contributed by atoms with Crippen LogP contribution < -0.4 is 10.2 Å². The molecule has 1 N–H and O–H groups in total. The summed E-state index contributed by atoms with van der Waals surface area (Å²) >= 11 is 0. The van der Waals surface area contributed by atoms with E-state index < -0.39 is 0 Å². The van der Waals surface area contributed by atoms with Gasteiger partial charge in [0, 0.05) is 38.6 Å². The first-order valence-electron chi connectivity index (χ1n) is 6.98. The van der Waals surface area contributed by atoms with Crippen LogP contribution in [-0.4, -0.2) is 57.2 Å². The number of rotatable bonds is 4. The number of ether oxygens (including phenoxy) is 1. The zero-order valence-electron chi connectivity index (χ0n) is 12.4. The SMILES string of the molecule is CC(Nc1ccc(N2CCOCC2)cc1)C(=O)N(C)C. The number of nitrogens with zero attached hydrogens (tertiary/aromatic N) is 2. The molecule has 1 fully saturated rings. The van der Waals surface area contributed by atoms with Crippen molar-refractivity contribution in [1.82, 2.24) is 4.90 Å². The van der Waals surface area contributed by atoms with E-state index in [0.717, 1.165) is 32.0 Å². The predicted octanol–water partition coefficient (Wildman–Crippen LogP) is 1.41. The van der Waals surface area contributed by atoms with Crippen molar-refractivity contribution in [2.24, 2.45) is 0 Å². The second kappa shape index (κ2) is 6.61. The average molecular weight is 277 g/mol. The first-order chi connectivity index (χ1) is 9.58. The van der Waals surface area contributed by atoms with Gasteiger partial charge in [-0.3, -0.25) is 4.79 Å². The average Bonchev–Trinajstić information content (AvgIpc) is 2.48. The third-order valence-electron chi connectivity index (χ3n) is 3.44. The van der Waals surface area contributed by atoms with E-state index in [-0.39, 0.29) is 11.9 Å². The predicted molar refractivity (Wildman–Crippen MR) is 81.3 cm³/mol. The van der Waals surface area contributed by atoms with Crippen LogP contribution in [0.4, 0.5) is 11.4 Å². The minimum Gasteiger partial charge on any atom is -0.378 e. The lowest BCUT2D eigenvalue weighted by Crippen LogP contribution is -2.37. The lowest BCUT2D eigenvalue weighted by Gasteiger charge is -2.29. The molecule has 1 heterocycles. The van der Waals surface area contributed by atoms with Crippen molar-refractivity contribution in [2.45, 2.75) is 13.0 Å². The fraction of sp³-hybridized carbons (Fsp3) is 0.533. The maximum atomic E-state index is 11.8. The summed E-state index contributed by atoms with van der Waals surface area (Å²) in [6, 6.07) is 7.98. The first-order valence-corrected chi connectivity index (χ1v) is 6.98. The highest BCUT2D eigenvalue weighted by atomic mass is 16.5. The molecule has 110 valence electrons. The Morgan fingerprint density at radius 1 is 1.25 bits per heavy atom. The minimum absolute atomic E-state index is 0.0715. The Balaban J connectivity index is 1.95. The molecule has 0 aliphatic carbocycles. The van der Waals surface area contributed by atoms with Gasteiger partial charge in [-0.05, 0) is 31.2 Å². The molecular weight excluding hydrogens is 254 g/mol. The molecule has 1 aliphatic rings. The van der Waals surface area contributed by atoms with Crippen molar-refractivity contribution in [3.05, 3.63) is 24.3 Å². The van der Waals surface area contributed by atoms with Crippen molar-refractivity contribution in [3.63, 3.8) is 0 Å². The molecule has 0 saturated carbocycles. The van der Waals surface area contributed by atoms with Crippen LogP contribution in [0.3, 0.4) is 0 Å². The summed E-state index contributed by atoms with van der Waals surface area (Å²) in [5, 5.41) is 3.22. The van der Waals surface area contributed by atoms with Gasteiger partial charge in [-0.15, -0.1) is 0 Å². The second-order valence-corrected chi connectivity index (χ2v) is 5.24. The van der Waals surface area contributed by atoms with Crippen LogP contribution in [0, 0.1) is 0 Å². The first kappa shape index (κ1) is 14.7. The van der Waals surface area contributed by atoms with E-state index in [1.165, 1.54) is 5.69 Å². The van der Waals surface area contributed by atoms with E-state index in [4.69, 9.17) is 4.74 Å². The molecular formula is C15H23N3O2. The van der Waals surface area contributed by atoms with Crippen molar-refractivity contribution in [1.29, 1.82) is 0 Å². The fourth-order valence-corrected chi connectivity index (χ4v) is 2.29. The van der Waals surface area contributed by atoms with E-state index in [9.17, 15) is 4.79 Å². The van der Waals surface area contributed by atoms with Crippen molar-refractivity contribution < 1.29 is 9.53 Å². The minimum atomic E-state index is -0.223. The van der Waals surface area contributed by atoms with Crippen LogP contribution >= 0.6 is 0 Å². The molecule has 0 spiro atoms. The molecule has 1 aliphatic heterocycles. The molecule has 1 atom stereocenters. The zero-order valence-corrected chi connectivity index (χ0v) is 12.4. The van der Waals surface area contributed by atoms with Crippen molar-refractivity contribution in [3.8, 4) is 0 Å². The molecule has 1 amide bonds. The third kappa shape index (κ3) is 3.63. The highest BCUT2D eigenvalue weighted by Gasteiger charge is 2.15. The van der Waals surface area contributed by atoms with Gasteiger partial charge in [0.2, 0.25) is 5.91 Å². The summed E-state index contributed by atoms with van der Waals surface area (Å²) in [6.45, 7) is 5.31. The third-order valence-corrected chi connectivity index (χ3v) is 3.44. The summed E-state index contributed by atoms with van der Waals surface area (Å²) < 4.78 is 5.35. The smallest absolute Gasteiger partial charge is 0.244 e. The lowest BCUT2D eigenvalue weighted by molar-refractivity contribution is -0.129. The molecule has 20 heavy (non-hydrogen) atoms. The summed E-state index contributed by atoms with van der Waals surface area (Å²) in [5.74, 6) is 0.0715. The van der Waals surface area contributed by atoms with Gasteiger partial charge in [0.05, 0.1) is 13.2 Å². The van der Waals surface area contributed by atoms with Gasteiger partial charge >= 0.3 is 0 Å². The zero-order chi connectivity index (χ0) is 14.5. The summed E-state index contributed by atoms with van der Waals surface area (Å²) in [4.78, 5) is 15.7. The standard InChI is InChI=1S/C15H23N3O2/c1-12(15(19)17(2)3)16-13-4-6-14(7-5-13)18-8-10-20-11-9-18/h4-7,12,16H,8-11H2,1-3H3. The highest BCUT2D eigenvalue weighted by Crippen LogP contribution is 2.19. The van der Waals surface area contributed by atoms with Crippen LogP contribution in [-0.2, 0) is 9.53 Å². The number of carbonyl (C=O) groups excluding carboxylic acids is 1. The largest absolute Gasteiger partial charge is 0.378 e. The molecule has 1 aromatic carbocycles. The molecule has 5 nitrogen and oxygen atoms in total. The molecule has 5 heteroatoms. The highest BCUT2D eigenvalue weighted by molar-refractivity contribution is 5.83. The van der Waals surface area contributed by atoms with Gasteiger partial charge < -0.3 is 19.9 Å². The normalized spacial score (nSPS) is 16.6. The number of hydrogen-bond acceptors (Lipinski definition) is 4. The Kier molecular flexibility index (Phi) is 4.84. The Bertz CT molecular complexity index is 439. The van der Waals surface area contributed by atoms with Crippen molar-refractivity contribution in [2.75, 3.05) is 50.6 Å². The number of hydrogen-bond donors (Lipinski definition) is 1. The molecule has 1 unspecified atom stereocenters. The molecule has 1 aromatic rings. The molecule has 0 radical (unpaired) electrons. The van der Waals surface area contributed by atoms with Gasteiger partial charge in [0.15, 0.2) is 0 Å². The van der Waals surface area contributed by atoms with Gasteiger partial charge in [-0.2, -0.15) is 0 Å². The van der Waals surface area contributed by atoms with Gasteiger partial charge in [-0.25, -0.2) is 0 Å². The van der Waals surface area contributed by atoms with E-state index >= 15 is 0 Å². The number of likely N-dealkylation sites (N-methyl/N-ethyl adjacent to an activating group) is 1. The summed E-state index contributed by atoms with van der Waals surface area (Å²) in [6.07, 6.45) is 0. The topological polar surface area (TPSA) is 44.8 Å².